The number of aromatic nitrogens is 5. The first kappa shape index (κ1) is 31.7. The molecule has 0 bridgehead atoms. The smallest absolute Gasteiger partial charge is 0.419 e. The normalized spacial score (nSPS) is 13.9. The zero-order valence-corrected chi connectivity index (χ0v) is 25.0. The maximum absolute atomic E-state index is 13.4. The quantitative estimate of drug-likeness (QED) is 0.309. The molecular formula is C29H27ClF3N7O5. The number of nitrogens with zero attached hydrogens (tertiary/aromatic N) is 6. The van der Waals surface area contributed by atoms with Gasteiger partial charge in [0.05, 0.1) is 41.2 Å². The van der Waals surface area contributed by atoms with Gasteiger partial charge in [-0.1, -0.05) is 16.8 Å². The van der Waals surface area contributed by atoms with Crippen LogP contribution in [0.1, 0.15) is 47.2 Å². The van der Waals surface area contributed by atoms with Gasteiger partial charge in [-0.25, -0.2) is 14.0 Å². The molecule has 4 heterocycles. The average Bonchev–Trinajstić information content (AvgIpc) is 3.65. The van der Waals surface area contributed by atoms with Crippen molar-refractivity contribution >= 4 is 35.2 Å². The van der Waals surface area contributed by atoms with E-state index in [4.69, 9.17) is 21.1 Å². The molecule has 1 fully saturated rings. The first-order valence-corrected chi connectivity index (χ1v) is 14.0. The third-order valence-corrected chi connectivity index (χ3v) is 6.82. The standard InChI is InChI=1S/C29H27ClF3N7O5/c1-28(2,3)45-27(43)39-15-20(12-24(39)25(41)35-19-4-5-22(30)21(11-19)29(31,32)33)40-16-23(36-37-40)17-10-18(14-34-13-17)26(42)38-6-8-44-9-7-38/h4-5,10-16H,6-9H2,1-3H3,(H,35,41). The fraction of sp³-hybridized carbons (Fsp3) is 0.310. The highest BCUT2D eigenvalue weighted by Gasteiger charge is 2.34. The van der Waals surface area contributed by atoms with E-state index < -0.39 is 34.4 Å². The second-order valence-electron chi connectivity index (χ2n) is 11.0. The van der Waals surface area contributed by atoms with E-state index in [9.17, 15) is 27.6 Å². The number of rotatable bonds is 5. The van der Waals surface area contributed by atoms with E-state index in [0.29, 0.717) is 49.2 Å². The molecule has 45 heavy (non-hydrogen) atoms. The molecular weight excluding hydrogens is 619 g/mol. The van der Waals surface area contributed by atoms with Crippen LogP contribution in [0.3, 0.4) is 0 Å². The topological polar surface area (TPSA) is 133 Å². The monoisotopic (exact) mass is 645 g/mol. The number of morpholine rings is 1. The van der Waals surface area contributed by atoms with E-state index in [1.807, 2.05) is 0 Å². The van der Waals surface area contributed by atoms with Crippen LogP contribution in [-0.2, 0) is 15.7 Å². The highest BCUT2D eigenvalue weighted by atomic mass is 35.5. The van der Waals surface area contributed by atoms with Crippen molar-refractivity contribution in [1.29, 1.82) is 0 Å². The Balaban J connectivity index is 1.45. The van der Waals surface area contributed by atoms with Gasteiger partial charge in [-0.15, -0.1) is 5.10 Å². The van der Waals surface area contributed by atoms with E-state index in [2.05, 4.69) is 20.6 Å². The lowest BCUT2D eigenvalue weighted by molar-refractivity contribution is -0.137. The number of pyridine rings is 1. The van der Waals surface area contributed by atoms with Gasteiger partial charge in [-0.3, -0.25) is 14.6 Å². The van der Waals surface area contributed by atoms with Gasteiger partial charge in [-0.05, 0) is 51.1 Å². The van der Waals surface area contributed by atoms with Crippen molar-refractivity contribution in [1.82, 2.24) is 29.4 Å². The summed E-state index contributed by atoms with van der Waals surface area (Å²) in [6.07, 6.45) is 0.0840. The maximum Gasteiger partial charge on any atom is 0.419 e. The van der Waals surface area contributed by atoms with Gasteiger partial charge >= 0.3 is 12.3 Å². The summed E-state index contributed by atoms with van der Waals surface area (Å²) < 4.78 is 53.1. The van der Waals surface area contributed by atoms with E-state index >= 15 is 0 Å². The van der Waals surface area contributed by atoms with Gasteiger partial charge in [-0.2, -0.15) is 13.2 Å². The number of hydrogen-bond donors (Lipinski definition) is 1. The SMILES string of the molecule is CC(C)(C)OC(=O)n1cc(-n2cc(-c3cncc(C(=O)N4CCOCC4)c3)nn2)cc1C(=O)Nc1ccc(Cl)c(C(F)(F)F)c1. The van der Waals surface area contributed by atoms with E-state index in [1.165, 1.54) is 41.6 Å². The number of ether oxygens (including phenoxy) is 2. The van der Waals surface area contributed by atoms with Gasteiger partial charge in [0.2, 0.25) is 0 Å². The molecule has 0 unspecified atom stereocenters. The number of carbonyl (C=O) groups is 3. The zero-order chi connectivity index (χ0) is 32.5. The molecule has 0 atom stereocenters. The Bertz CT molecular complexity index is 1760. The van der Waals surface area contributed by atoms with Gasteiger partial charge < -0.3 is 19.7 Å². The molecule has 0 radical (unpaired) electrons. The van der Waals surface area contributed by atoms with E-state index in [0.717, 1.165) is 10.6 Å². The van der Waals surface area contributed by atoms with Crippen molar-refractivity contribution in [2.24, 2.45) is 0 Å². The Morgan fingerprint density at radius 1 is 1.02 bits per heavy atom. The second kappa shape index (κ2) is 12.3. The zero-order valence-electron chi connectivity index (χ0n) is 24.3. The van der Waals surface area contributed by atoms with Crippen LogP contribution in [0.2, 0.25) is 5.02 Å². The van der Waals surface area contributed by atoms with Crippen LogP contribution >= 0.6 is 11.6 Å². The van der Waals surface area contributed by atoms with Gasteiger partial charge in [0.25, 0.3) is 11.8 Å². The van der Waals surface area contributed by atoms with Crippen LogP contribution in [0.25, 0.3) is 16.9 Å². The van der Waals surface area contributed by atoms with Crippen LogP contribution < -0.4 is 5.32 Å². The van der Waals surface area contributed by atoms with Crippen LogP contribution in [0.15, 0.2) is 55.1 Å². The third kappa shape index (κ3) is 7.32. The lowest BCUT2D eigenvalue weighted by atomic mass is 10.1. The second-order valence-corrected chi connectivity index (χ2v) is 11.4. The van der Waals surface area contributed by atoms with Crippen molar-refractivity contribution in [3.8, 4) is 16.9 Å². The molecule has 1 saturated heterocycles. The molecule has 1 N–H and O–H groups in total. The summed E-state index contributed by atoms with van der Waals surface area (Å²) in [6.45, 7) is 6.73. The molecule has 0 aliphatic carbocycles. The minimum absolute atomic E-state index is 0.197. The van der Waals surface area contributed by atoms with Gasteiger partial charge in [0.1, 0.15) is 17.0 Å². The van der Waals surface area contributed by atoms with Crippen molar-refractivity contribution in [2.75, 3.05) is 31.6 Å². The Hall–Kier alpha value is -4.76. The van der Waals surface area contributed by atoms with Crippen LogP contribution in [-0.4, -0.2) is 79.3 Å². The summed E-state index contributed by atoms with van der Waals surface area (Å²) in [4.78, 5) is 45.1. The lowest BCUT2D eigenvalue weighted by Crippen LogP contribution is -2.40. The molecule has 236 valence electrons. The highest BCUT2D eigenvalue weighted by molar-refractivity contribution is 6.31. The van der Waals surface area contributed by atoms with Crippen LogP contribution in [0, 0.1) is 0 Å². The minimum atomic E-state index is -4.75. The molecule has 4 aromatic rings. The summed E-state index contributed by atoms with van der Waals surface area (Å²) in [5, 5.41) is 10.1. The number of amides is 2. The lowest BCUT2D eigenvalue weighted by Gasteiger charge is -2.26. The molecule has 1 aliphatic rings. The molecule has 0 spiro atoms. The summed E-state index contributed by atoms with van der Waals surface area (Å²) in [6, 6.07) is 5.83. The van der Waals surface area contributed by atoms with E-state index in [-0.39, 0.29) is 23.0 Å². The van der Waals surface area contributed by atoms with Crippen molar-refractivity contribution in [2.45, 2.75) is 32.5 Å². The molecule has 16 heteroatoms. The summed E-state index contributed by atoms with van der Waals surface area (Å²) in [7, 11) is 0. The molecule has 1 aliphatic heterocycles. The average molecular weight is 646 g/mol. The molecule has 12 nitrogen and oxygen atoms in total. The number of anilines is 1. The van der Waals surface area contributed by atoms with Crippen LogP contribution in [0.5, 0.6) is 0 Å². The van der Waals surface area contributed by atoms with Crippen molar-refractivity contribution in [3.63, 3.8) is 0 Å². The summed E-state index contributed by atoms with van der Waals surface area (Å²) in [5.74, 6) is -1.10. The largest absolute Gasteiger partial charge is 0.443 e. The number of halogens is 4. The van der Waals surface area contributed by atoms with Crippen LogP contribution in [0.4, 0.5) is 23.7 Å². The fourth-order valence-corrected chi connectivity index (χ4v) is 4.62. The molecule has 1 aromatic carbocycles. The predicted molar refractivity (Wildman–Crippen MR) is 155 cm³/mol. The number of benzene rings is 1. The number of carbonyl (C=O) groups excluding carboxylic acids is 3. The third-order valence-electron chi connectivity index (χ3n) is 6.50. The fourth-order valence-electron chi connectivity index (χ4n) is 4.39. The summed E-state index contributed by atoms with van der Waals surface area (Å²) >= 11 is 5.70. The predicted octanol–water partition coefficient (Wildman–Crippen LogP) is 5.31. The molecule has 3 aromatic heterocycles. The van der Waals surface area contributed by atoms with Gasteiger partial charge in [0.15, 0.2) is 0 Å². The Morgan fingerprint density at radius 2 is 1.76 bits per heavy atom. The number of alkyl halides is 3. The van der Waals surface area contributed by atoms with E-state index in [1.54, 1.807) is 31.7 Å². The number of hydrogen-bond acceptors (Lipinski definition) is 8. The Labute approximate surface area is 259 Å². The first-order chi connectivity index (χ1) is 21.2. The van der Waals surface area contributed by atoms with Gasteiger partial charge in [0, 0.05) is 42.9 Å². The van der Waals surface area contributed by atoms with Crippen molar-refractivity contribution in [3.05, 3.63) is 77.0 Å². The Morgan fingerprint density at radius 3 is 2.44 bits per heavy atom. The first-order valence-electron chi connectivity index (χ1n) is 13.6. The maximum atomic E-state index is 13.4. The minimum Gasteiger partial charge on any atom is -0.443 e. The van der Waals surface area contributed by atoms with Crippen molar-refractivity contribution < 1.29 is 37.0 Å². The molecule has 5 rings (SSSR count). The summed E-state index contributed by atoms with van der Waals surface area (Å²) in [5.41, 5.74) is -1.10. The molecule has 0 saturated carbocycles. The number of nitrogens with one attached hydrogen (secondary N) is 1. The highest BCUT2D eigenvalue weighted by Crippen LogP contribution is 2.36. The molecule has 2 amide bonds. The Kier molecular flexibility index (Phi) is 8.67.